The van der Waals surface area contributed by atoms with Crippen LogP contribution in [0.2, 0.25) is 0 Å². The summed E-state index contributed by atoms with van der Waals surface area (Å²) in [6.45, 7) is 5.19. The molecule has 1 aliphatic heterocycles. The van der Waals surface area contributed by atoms with Crippen molar-refractivity contribution in [3.8, 4) is 11.3 Å². The second kappa shape index (κ2) is 8.80. The highest BCUT2D eigenvalue weighted by molar-refractivity contribution is 5.99. The third-order valence-corrected chi connectivity index (χ3v) is 6.39. The molecule has 1 fully saturated rings. The maximum atomic E-state index is 6.28. The number of fused-ring (bicyclic) bond motifs is 2. The van der Waals surface area contributed by atoms with E-state index in [9.17, 15) is 0 Å². The van der Waals surface area contributed by atoms with Crippen molar-refractivity contribution in [2.24, 2.45) is 5.92 Å². The van der Waals surface area contributed by atoms with Crippen LogP contribution in [0.5, 0.6) is 0 Å². The van der Waals surface area contributed by atoms with Gasteiger partial charge >= 0.3 is 0 Å². The van der Waals surface area contributed by atoms with E-state index in [-0.39, 0.29) is 0 Å². The molecule has 0 aliphatic carbocycles. The fourth-order valence-electron chi connectivity index (χ4n) is 4.76. The second-order valence-electron chi connectivity index (χ2n) is 8.99. The highest BCUT2D eigenvalue weighted by Gasteiger charge is 2.21. The van der Waals surface area contributed by atoms with Gasteiger partial charge in [-0.2, -0.15) is 5.10 Å². The molecule has 0 radical (unpaired) electrons. The van der Waals surface area contributed by atoms with Gasteiger partial charge in [0.15, 0.2) is 5.65 Å². The Morgan fingerprint density at radius 2 is 1.91 bits per heavy atom. The number of anilines is 1. The van der Waals surface area contributed by atoms with E-state index in [4.69, 9.17) is 10.8 Å². The molecule has 3 aromatic heterocycles. The predicted molar refractivity (Wildman–Crippen MR) is 128 cm³/mol. The zero-order chi connectivity index (χ0) is 22.1. The van der Waals surface area contributed by atoms with Gasteiger partial charge in [-0.1, -0.05) is 12.1 Å². The number of benzene rings is 1. The molecule has 0 amide bonds. The lowest BCUT2D eigenvalue weighted by molar-refractivity contribution is 0.157. The number of nitrogens with zero attached hydrogens (tertiary/aromatic N) is 7. The van der Waals surface area contributed by atoms with Crippen molar-refractivity contribution in [1.29, 1.82) is 0 Å². The van der Waals surface area contributed by atoms with Crippen LogP contribution in [0.15, 0.2) is 42.9 Å². The number of likely N-dealkylation sites (tertiary alicyclic amines) is 1. The van der Waals surface area contributed by atoms with Crippen molar-refractivity contribution in [2.75, 3.05) is 46.0 Å². The minimum atomic E-state index is 0.465. The third kappa shape index (κ3) is 4.16. The van der Waals surface area contributed by atoms with Gasteiger partial charge in [-0.15, -0.1) is 0 Å². The average molecular weight is 431 g/mol. The van der Waals surface area contributed by atoms with E-state index >= 15 is 0 Å². The van der Waals surface area contributed by atoms with Gasteiger partial charge in [0.25, 0.3) is 0 Å². The standard InChI is InChI=1S/C24H30N8/c1-30(2)15-17-7-10-31(11-8-17)12-13-32-24-21(23(25)27-16-28-24)22(29-32)19-5-6-20-18(14-19)4-3-9-26-20/h3-6,9,14,16-17H,7-8,10-13,15H2,1-2H3,(H2,25,27,28). The molecule has 0 saturated carbocycles. The number of aromatic nitrogens is 5. The molecule has 5 rings (SSSR count). The number of nitrogen functional groups attached to an aromatic ring is 1. The van der Waals surface area contributed by atoms with E-state index in [1.807, 2.05) is 22.9 Å². The van der Waals surface area contributed by atoms with Gasteiger partial charge in [0.1, 0.15) is 17.8 Å². The van der Waals surface area contributed by atoms with Crippen molar-refractivity contribution in [3.05, 3.63) is 42.9 Å². The first-order valence-corrected chi connectivity index (χ1v) is 11.3. The van der Waals surface area contributed by atoms with E-state index in [2.05, 4.69) is 51.0 Å². The Kier molecular flexibility index (Phi) is 5.71. The lowest BCUT2D eigenvalue weighted by atomic mass is 9.96. The summed E-state index contributed by atoms with van der Waals surface area (Å²) >= 11 is 0. The molecule has 8 nitrogen and oxygen atoms in total. The summed E-state index contributed by atoms with van der Waals surface area (Å²) < 4.78 is 1.99. The molecule has 0 unspecified atom stereocenters. The van der Waals surface area contributed by atoms with Crippen LogP contribution >= 0.6 is 0 Å². The van der Waals surface area contributed by atoms with Crippen molar-refractivity contribution >= 4 is 27.8 Å². The number of pyridine rings is 1. The maximum Gasteiger partial charge on any atom is 0.164 e. The van der Waals surface area contributed by atoms with Crippen molar-refractivity contribution in [2.45, 2.75) is 19.4 Å². The van der Waals surface area contributed by atoms with Crippen LogP contribution in [0.3, 0.4) is 0 Å². The normalized spacial score (nSPS) is 15.8. The lowest BCUT2D eigenvalue weighted by Gasteiger charge is -2.33. The molecule has 32 heavy (non-hydrogen) atoms. The summed E-state index contributed by atoms with van der Waals surface area (Å²) in [7, 11) is 4.32. The molecule has 1 aliphatic rings. The Hall–Kier alpha value is -3.10. The maximum absolute atomic E-state index is 6.28. The number of hydrogen-bond donors (Lipinski definition) is 1. The fourth-order valence-corrected chi connectivity index (χ4v) is 4.76. The van der Waals surface area contributed by atoms with Gasteiger partial charge in [-0.3, -0.25) is 4.98 Å². The molecule has 166 valence electrons. The summed E-state index contributed by atoms with van der Waals surface area (Å²) in [5.41, 5.74) is 9.86. The number of hydrogen-bond acceptors (Lipinski definition) is 7. The molecule has 1 saturated heterocycles. The first-order chi connectivity index (χ1) is 15.6. The highest BCUT2D eigenvalue weighted by atomic mass is 15.3. The van der Waals surface area contributed by atoms with Crippen LogP contribution in [0.4, 0.5) is 5.82 Å². The quantitative estimate of drug-likeness (QED) is 0.503. The number of rotatable bonds is 6. The lowest BCUT2D eigenvalue weighted by Crippen LogP contribution is -2.38. The van der Waals surface area contributed by atoms with Gasteiger partial charge in [-0.05, 0) is 64.1 Å². The molecule has 2 N–H and O–H groups in total. The van der Waals surface area contributed by atoms with Gasteiger partial charge in [0.05, 0.1) is 17.4 Å². The number of nitrogens with two attached hydrogens (primary N) is 1. The number of piperidine rings is 1. The smallest absolute Gasteiger partial charge is 0.164 e. The van der Waals surface area contributed by atoms with Gasteiger partial charge in [-0.25, -0.2) is 14.6 Å². The van der Waals surface area contributed by atoms with Crippen molar-refractivity contribution in [3.63, 3.8) is 0 Å². The Bertz CT molecular complexity index is 1220. The molecule has 0 bridgehead atoms. The predicted octanol–water partition coefficient (Wildman–Crippen LogP) is 2.90. The van der Waals surface area contributed by atoms with Gasteiger partial charge in [0.2, 0.25) is 0 Å². The van der Waals surface area contributed by atoms with E-state index in [0.29, 0.717) is 5.82 Å². The Balaban J connectivity index is 1.39. The first kappa shape index (κ1) is 20.8. The Morgan fingerprint density at radius 1 is 1.06 bits per heavy atom. The summed E-state index contributed by atoms with van der Waals surface area (Å²) in [5, 5.41) is 6.84. The molecule has 0 atom stereocenters. The van der Waals surface area contributed by atoms with Crippen LogP contribution in [-0.2, 0) is 6.54 Å². The second-order valence-corrected chi connectivity index (χ2v) is 8.99. The summed E-state index contributed by atoms with van der Waals surface area (Å²) in [5.74, 6) is 1.26. The van der Waals surface area contributed by atoms with Gasteiger partial charge < -0.3 is 15.5 Å². The van der Waals surface area contributed by atoms with Crippen molar-refractivity contribution < 1.29 is 0 Å². The highest BCUT2D eigenvalue weighted by Crippen LogP contribution is 2.31. The topological polar surface area (TPSA) is 89.0 Å². The summed E-state index contributed by atoms with van der Waals surface area (Å²) in [4.78, 5) is 18.0. The van der Waals surface area contributed by atoms with Crippen LogP contribution in [0.25, 0.3) is 33.2 Å². The molecule has 8 heteroatoms. The van der Waals surface area contributed by atoms with E-state index in [1.54, 1.807) is 6.20 Å². The molecule has 1 aromatic carbocycles. The van der Waals surface area contributed by atoms with E-state index < -0.39 is 0 Å². The fraction of sp³-hybridized carbons (Fsp3) is 0.417. The van der Waals surface area contributed by atoms with Crippen LogP contribution in [0.1, 0.15) is 12.8 Å². The van der Waals surface area contributed by atoms with Crippen LogP contribution in [-0.4, -0.2) is 74.8 Å². The first-order valence-electron chi connectivity index (χ1n) is 11.3. The Labute approximate surface area is 188 Å². The molecular formula is C24H30N8. The zero-order valence-electron chi connectivity index (χ0n) is 18.8. The van der Waals surface area contributed by atoms with Crippen LogP contribution in [0, 0.1) is 5.92 Å². The third-order valence-electron chi connectivity index (χ3n) is 6.39. The zero-order valence-corrected chi connectivity index (χ0v) is 18.8. The van der Waals surface area contributed by atoms with E-state index in [1.165, 1.54) is 25.7 Å². The monoisotopic (exact) mass is 430 g/mol. The van der Waals surface area contributed by atoms with E-state index in [0.717, 1.165) is 65.3 Å². The summed E-state index contributed by atoms with van der Waals surface area (Å²) in [6, 6.07) is 10.2. The average Bonchev–Trinajstić information content (AvgIpc) is 3.18. The van der Waals surface area contributed by atoms with Gasteiger partial charge in [0, 0.05) is 30.2 Å². The van der Waals surface area contributed by atoms with Crippen LogP contribution < -0.4 is 5.73 Å². The minimum Gasteiger partial charge on any atom is -0.383 e. The SMILES string of the molecule is CN(C)CC1CCN(CCn2nc(-c3ccc4ncccc4c3)c3c(N)ncnc32)CC1. The molecule has 4 aromatic rings. The van der Waals surface area contributed by atoms with Crippen molar-refractivity contribution in [1.82, 2.24) is 34.5 Å². The minimum absolute atomic E-state index is 0.465. The molecular weight excluding hydrogens is 400 g/mol. The largest absolute Gasteiger partial charge is 0.383 e. The Morgan fingerprint density at radius 3 is 2.72 bits per heavy atom. The molecule has 4 heterocycles. The summed E-state index contributed by atoms with van der Waals surface area (Å²) in [6.07, 6.45) is 5.84. The molecule has 0 spiro atoms.